The van der Waals surface area contributed by atoms with Crippen molar-refractivity contribution in [1.29, 1.82) is 0 Å². The highest BCUT2D eigenvalue weighted by Crippen LogP contribution is 2.32. The fourth-order valence-corrected chi connectivity index (χ4v) is 3.71. The molecule has 3 aromatic rings. The molecule has 0 saturated heterocycles. The molecule has 2 aromatic carbocycles. The third kappa shape index (κ3) is 5.54. The van der Waals surface area contributed by atoms with Gasteiger partial charge in [0.15, 0.2) is 0 Å². The highest BCUT2D eigenvalue weighted by Gasteiger charge is 2.31. The van der Waals surface area contributed by atoms with E-state index in [1.165, 1.54) is 6.20 Å². The minimum Gasteiger partial charge on any atom is -0.489 e. The number of hydrogen-bond donors (Lipinski definition) is 1. The number of rotatable bonds is 7. The molecule has 0 radical (unpaired) electrons. The number of anilines is 1. The van der Waals surface area contributed by atoms with Gasteiger partial charge in [0, 0.05) is 19.3 Å². The minimum atomic E-state index is -0.843. The van der Waals surface area contributed by atoms with Gasteiger partial charge >= 0.3 is 0 Å². The van der Waals surface area contributed by atoms with Crippen molar-refractivity contribution in [3.63, 3.8) is 0 Å². The Labute approximate surface area is 199 Å². The van der Waals surface area contributed by atoms with Crippen molar-refractivity contribution >= 4 is 17.5 Å². The van der Waals surface area contributed by atoms with E-state index >= 15 is 0 Å². The van der Waals surface area contributed by atoms with Gasteiger partial charge in [-0.3, -0.25) is 14.6 Å². The predicted molar refractivity (Wildman–Crippen MR) is 131 cm³/mol. The Hall–Kier alpha value is -3.87. The molecule has 1 aromatic heterocycles. The van der Waals surface area contributed by atoms with Crippen molar-refractivity contribution in [1.82, 2.24) is 10.3 Å². The number of benzene rings is 2. The van der Waals surface area contributed by atoms with E-state index in [1.54, 1.807) is 24.1 Å². The fourth-order valence-electron chi connectivity index (χ4n) is 3.71. The predicted octanol–water partition coefficient (Wildman–Crippen LogP) is 4.62. The van der Waals surface area contributed by atoms with Gasteiger partial charge in [-0.05, 0) is 54.7 Å². The van der Waals surface area contributed by atoms with Crippen LogP contribution in [0.4, 0.5) is 5.69 Å². The van der Waals surface area contributed by atoms with E-state index in [-0.39, 0.29) is 18.2 Å². The molecule has 1 aliphatic heterocycles. The van der Waals surface area contributed by atoms with Crippen LogP contribution >= 0.6 is 0 Å². The molecule has 7 heteroatoms. The lowest BCUT2D eigenvalue weighted by molar-refractivity contribution is -0.120. The topological polar surface area (TPSA) is 80.8 Å². The maximum absolute atomic E-state index is 13.1. The van der Waals surface area contributed by atoms with Gasteiger partial charge in [0.05, 0.1) is 5.69 Å². The van der Waals surface area contributed by atoms with Crippen LogP contribution in [-0.2, 0) is 11.2 Å². The van der Waals surface area contributed by atoms with Crippen LogP contribution in [0, 0.1) is 5.92 Å². The molecular formula is C27H29N3O4. The van der Waals surface area contributed by atoms with Crippen LogP contribution in [-0.4, -0.2) is 36.5 Å². The molecule has 0 spiro atoms. The summed E-state index contributed by atoms with van der Waals surface area (Å²) in [7, 11) is 1.70. The maximum atomic E-state index is 13.1. The molecule has 2 heterocycles. The van der Waals surface area contributed by atoms with E-state index < -0.39 is 11.9 Å². The second-order valence-corrected chi connectivity index (χ2v) is 8.76. The number of amides is 2. The molecule has 1 atom stereocenters. The first-order valence-electron chi connectivity index (χ1n) is 11.4. The number of nitrogens with one attached hydrogen (secondary N) is 1. The number of pyridine rings is 1. The van der Waals surface area contributed by atoms with Gasteiger partial charge in [0.1, 0.15) is 35.6 Å². The average molecular weight is 460 g/mol. The number of para-hydroxylation sites is 1. The zero-order valence-electron chi connectivity index (χ0n) is 19.7. The van der Waals surface area contributed by atoms with Crippen molar-refractivity contribution in [2.24, 2.45) is 5.92 Å². The lowest BCUT2D eigenvalue weighted by Crippen LogP contribution is -2.49. The maximum Gasteiger partial charge on any atom is 0.270 e. The molecular weight excluding hydrogens is 430 g/mol. The Kier molecular flexibility index (Phi) is 7.11. The molecule has 1 aliphatic rings. The SMILES string of the molecule is CC(C)CCc1ccc2c(c1)N(C)C(=O)C(NC(=O)c1cc(Oc3ccccc3)ccn1)CO2. The number of aromatic nitrogens is 1. The lowest BCUT2D eigenvalue weighted by atomic mass is 10.0. The van der Waals surface area contributed by atoms with Crippen LogP contribution in [0.15, 0.2) is 66.9 Å². The molecule has 2 amide bonds. The van der Waals surface area contributed by atoms with Crippen molar-refractivity contribution in [3.05, 3.63) is 78.1 Å². The Balaban J connectivity index is 1.45. The Bertz CT molecular complexity index is 1160. The van der Waals surface area contributed by atoms with Crippen molar-refractivity contribution in [3.8, 4) is 17.2 Å². The number of likely N-dealkylation sites (N-methyl/N-ethyl adjacent to an activating group) is 1. The molecule has 1 N–H and O–H groups in total. The van der Waals surface area contributed by atoms with Crippen molar-refractivity contribution in [2.75, 3.05) is 18.6 Å². The van der Waals surface area contributed by atoms with Gasteiger partial charge < -0.3 is 19.7 Å². The van der Waals surface area contributed by atoms with Gasteiger partial charge in [-0.1, -0.05) is 38.1 Å². The fraction of sp³-hybridized carbons (Fsp3) is 0.296. The van der Waals surface area contributed by atoms with E-state index in [2.05, 4.69) is 24.1 Å². The third-order valence-corrected chi connectivity index (χ3v) is 5.68. The summed E-state index contributed by atoms with van der Waals surface area (Å²) in [6.45, 7) is 4.41. The molecule has 1 unspecified atom stereocenters. The van der Waals surface area contributed by atoms with E-state index in [0.717, 1.165) is 18.4 Å². The van der Waals surface area contributed by atoms with Crippen molar-refractivity contribution < 1.29 is 19.1 Å². The number of hydrogen-bond acceptors (Lipinski definition) is 5. The monoisotopic (exact) mass is 459 g/mol. The Morgan fingerprint density at radius 3 is 2.71 bits per heavy atom. The zero-order chi connectivity index (χ0) is 24.1. The van der Waals surface area contributed by atoms with Crippen molar-refractivity contribution in [2.45, 2.75) is 32.7 Å². The summed E-state index contributed by atoms with van der Waals surface area (Å²) in [4.78, 5) is 31.7. The quantitative estimate of drug-likeness (QED) is 0.558. The summed E-state index contributed by atoms with van der Waals surface area (Å²) >= 11 is 0. The number of ether oxygens (including phenoxy) is 2. The van der Waals surface area contributed by atoms with Crippen LogP contribution in [0.3, 0.4) is 0 Å². The van der Waals surface area contributed by atoms with Gasteiger partial charge in [-0.2, -0.15) is 0 Å². The van der Waals surface area contributed by atoms with Gasteiger partial charge in [0.25, 0.3) is 11.8 Å². The normalized spacial score (nSPS) is 15.4. The second kappa shape index (κ2) is 10.4. The summed E-state index contributed by atoms with van der Waals surface area (Å²) in [5.74, 6) is 1.63. The largest absolute Gasteiger partial charge is 0.489 e. The number of aryl methyl sites for hydroxylation is 1. The summed E-state index contributed by atoms with van der Waals surface area (Å²) < 4.78 is 11.7. The van der Waals surface area contributed by atoms with E-state index in [4.69, 9.17) is 9.47 Å². The highest BCUT2D eigenvalue weighted by atomic mass is 16.5. The first-order chi connectivity index (χ1) is 16.4. The van der Waals surface area contributed by atoms with Crippen LogP contribution in [0.25, 0.3) is 0 Å². The molecule has 7 nitrogen and oxygen atoms in total. The van der Waals surface area contributed by atoms with Crippen LogP contribution in [0.2, 0.25) is 0 Å². The minimum absolute atomic E-state index is 0.0352. The molecule has 176 valence electrons. The lowest BCUT2D eigenvalue weighted by Gasteiger charge is -2.21. The van der Waals surface area contributed by atoms with Gasteiger partial charge in [-0.25, -0.2) is 0 Å². The average Bonchev–Trinajstić information content (AvgIpc) is 2.95. The van der Waals surface area contributed by atoms with Gasteiger partial charge in [-0.15, -0.1) is 0 Å². The molecule has 0 aliphatic carbocycles. The van der Waals surface area contributed by atoms with Crippen LogP contribution < -0.4 is 19.7 Å². The molecule has 0 saturated carbocycles. The van der Waals surface area contributed by atoms with E-state index in [9.17, 15) is 9.59 Å². The van der Waals surface area contributed by atoms with Crippen LogP contribution in [0.1, 0.15) is 36.3 Å². The zero-order valence-corrected chi connectivity index (χ0v) is 19.7. The van der Waals surface area contributed by atoms with Gasteiger partial charge in [0.2, 0.25) is 0 Å². The molecule has 4 rings (SSSR count). The summed E-state index contributed by atoms with van der Waals surface area (Å²) in [5, 5.41) is 2.76. The first kappa shape index (κ1) is 23.3. The standard InChI is InChI=1S/C27H29N3O4/c1-18(2)9-10-19-11-12-25-24(15-19)30(3)27(32)23(17-33-25)29-26(31)22-16-21(13-14-28-22)34-20-7-5-4-6-8-20/h4-8,11-16,18,23H,9-10,17H2,1-3H3,(H,29,31). The Morgan fingerprint density at radius 2 is 1.94 bits per heavy atom. The second-order valence-electron chi connectivity index (χ2n) is 8.76. The number of carbonyl (C=O) groups excluding carboxylic acids is 2. The highest BCUT2D eigenvalue weighted by molar-refractivity contribution is 6.02. The third-order valence-electron chi connectivity index (χ3n) is 5.68. The number of fused-ring (bicyclic) bond motifs is 1. The smallest absolute Gasteiger partial charge is 0.270 e. The van der Waals surface area contributed by atoms with E-state index in [1.807, 2.05) is 48.5 Å². The summed E-state index contributed by atoms with van der Waals surface area (Å²) in [6.07, 6.45) is 3.50. The molecule has 0 fully saturated rings. The van der Waals surface area contributed by atoms with Crippen LogP contribution in [0.5, 0.6) is 17.2 Å². The molecule has 34 heavy (non-hydrogen) atoms. The number of nitrogens with zero attached hydrogens (tertiary/aromatic N) is 2. The molecule has 0 bridgehead atoms. The van der Waals surface area contributed by atoms with E-state index in [0.29, 0.717) is 28.9 Å². The summed E-state index contributed by atoms with van der Waals surface area (Å²) in [5.41, 5.74) is 2.01. The first-order valence-corrected chi connectivity index (χ1v) is 11.4. The summed E-state index contributed by atoms with van der Waals surface area (Å²) in [6, 6.07) is 17.6. The number of carbonyl (C=O) groups is 2. The Morgan fingerprint density at radius 1 is 1.15 bits per heavy atom.